The summed E-state index contributed by atoms with van der Waals surface area (Å²) in [5, 5.41) is 0. The van der Waals surface area contributed by atoms with Crippen molar-refractivity contribution in [2.45, 2.75) is 39.8 Å². The van der Waals surface area contributed by atoms with Crippen molar-refractivity contribution in [3.8, 4) is 10.7 Å². The molecule has 0 aliphatic carbocycles. The van der Waals surface area contributed by atoms with Crippen LogP contribution in [0.3, 0.4) is 0 Å². The van der Waals surface area contributed by atoms with E-state index in [9.17, 15) is 0 Å². The van der Waals surface area contributed by atoms with Gasteiger partial charge in [0.15, 0.2) is 5.82 Å². The summed E-state index contributed by atoms with van der Waals surface area (Å²) >= 11 is 1.79. The topological polar surface area (TPSA) is 43.8 Å². The lowest BCUT2D eigenvalue weighted by molar-refractivity contribution is 0.413. The van der Waals surface area contributed by atoms with Crippen molar-refractivity contribution >= 4 is 22.4 Å². The van der Waals surface area contributed by atoms with Crippen molar-refractivity contribution in [1.82, 2.24) is 9.55 Å². The van der Waals surface area contributed by atoms with Crippen LogP contribution in [0, 0.1) is 6.92 Å². The molecule has 21 heavy (non-hydrogen) atoms. The van der Waals surface area contributed by atoms with E-state index >= 15 is 0 Å². The Morgan fingerprint density at radius 2 is 1.95 bits per heavy atom. The number of hydrogen-bond donors (Lipinski definition) is 1. The van der Waals surface area contributed by atoms with Gasteiger partial charge in [-0.25, -0.2) is 4.98 Å². The molecule has 3 rings (SSSR count). The molecule has 0 radical (unpaired) electrons. The van der Waals surface area contributed by atoms with E-state index in [1.54, 1.807) is 11.3 Å². The van der Waals surface area contributed by atoms with Gasteiger partial charge in [0.1, 0.15) is 0 Å². The van der Waals surface area contributed by atoms with E-state index in [0.29, 0.717) is 6.54 Å². The number of fused-ring (bicyclic) bond motifs is 1. The molecule has 1 aromatic carbocycles. The van der Waals surface area contributed by atoms with Gasteiger partial charge in [-0.1, -0.05) is 6.07 Å². The molecule has 0 fully saturated rings. The zero-order chi connectivity index (χ0) is 15.2. The van der Waals surface area contributed by atoms with Crippen molar-refractivity contribution in [2.24, 2.45) is 5.73 Å². The molecule has 0 spiro atoms. The minimum Gasteiger partial charge on any atom is -0.326 e. The molecule has 3 nitrogen and oxygen atoms in total. The SMILES string of the molecule is Cc1ccc(-c2nc3cc(CN)ccc3n2C(C)(C)C)s1. The summed E-state index contributed by atoms with van der Waals surface area (Å²) < 4.78 is 2.33. The minimum atomic E-state index is -0.0216. The van der Waals surface area contributed by atoms with E-state index in [1.165, 1.54) is 15.3 Å². The van der Waals surface area contributed by atoms with Crippen molar-refractivity contribution in [2.75, 3.05) is 0 Å². The maximum atomic E-state index is 5.75. The first-order chi connectivity index (χ1) is 9.90. The summed E-state index contributed by atoms with van der Waals surface area (Å²) in [4.78, 5) is 7.41. The van der Waals surface area contributed by atoms with Gasteiger partial charge in [0.25, 0.3) is 0 Å². The molecule has 0 aliphatic heterocycles. The highest BCUT2D eigenvalue weighted by atomic mass is 32.1. The molecule has 0 bridgehead atoms. The summed E-state index contributed by atoms with van der Waals surface area (Å²) in [5.74, 6) is 1.05. The van der Waals surface area contributed by atoms with Gasteiger partial charge in [-0.2, -0.15) is 0 Å². The summed E-state index contributed by atoms with van der Waals surface area (Å²) in [7, 11) is 0. The van der Waals surface area contributed by atoms with Crippen molar-refractivity contribution < 1.29 is 0 Å². The minimum absolute atomic E-state index is 0.0216. The number of thiophene rings is 1. The summed E-state index contributed by atoms with van der Waals surface area (Å²) in [6.07, 6.45) is 0. The Bertz CT molecular complexity index is 790. The van der Waals surface area contributed by atoms with E-state index < -0.39 is 0 Å². The predicted molar refractivity (Wildman–Crippen MR) is 90.7 cm³/mol. The fraction of sp³-hybridized carbons (Fsp3) is 0.353. The molecule has 0 unspecified atom stereocenters. The summed E-state index contributed by atoms with van der Waals surface area (Å²) in [6.45, 7) is 9.33. The lowest BCUT2D eigenvalue weighted by Crippen LogP contribution is -2.22. The van der Waals surface area contributed by atoms with Crippen LogP contribution >= 0.6 is 11.3 Å². The molecule has 110 valence electrons. The van der Waals surface area contributed by atoms with E-state index in [2.05, 4.69) is 62.6 Å². The second-order valence-electron chi connectivity index (χ2n) is 6.38. The van der Waals surface area contributed by atoms with Crippen LogP contribution in [0.5, 0.6) is 0 Å². The highest BCUT2D eigenvalue weighted by Crippen LogP contribution is 2.34. The third-order valence-electron chi connectivity index (χ3n) is 3.59. The van der Waals surface area contributed by atoms with E-state index in [4.69, 9.17) is 10.7 Å². The monoisotopic (exact) mass is 299 g/mol. The van der Waals surface area contributed by atoms with Crippen LogP contribution in [0.2, 0.25) is 0 Å². The molecule has 2 heterocycles. The van der Waals surface area contributed by atoms with Gasteiger partial charge in [-0.15, -0.1) is 11.3 Å². The average Bonchev–Trinajstić information content (AvgIpc) is 3.00. The van der Waals surface area contributed by atoms with Crippen LogP contribution in [-0.2, 0) is 12.1 Å². The van der Waals surface area contributed by atoms with Crippen LogP contribution in [0.1, 0.15) is 31.2 Å². The number of nitrogens with two attached hydrogens (primary N) is 1. The molecule has 0 atom stereocenters. The van der Waals surface area contributed by atoms with Crippen molar-refractivity contribution in [3.05, 3.63) is 40.8 Å². The van der Waals surface area contributed by atoms with E-state index in [-0.39, 0.29) is 5.54 Å². The molecule has 0 aliphatic rings. The lowest BCUT2D eigenvalue weighted by Gasteiger charge is -2.24. The van der Waals surface area contributed by atoms with E-state index in [1.807, 2.05) is 0 Å². The summed E-state index contributed by atoms with van der Waals surface area (Å²) in [5.41, 5.74) is 9.04. The zero-order valence-electron chi connectivity index (χ0n) is 13.0. The molecule has 4 heteroatoms. The van der Waals surface area contributed by atoms with E-state index in [0.717, 1.165) is 16.9 Å². The highest BCUT2D eigenvalue weighted by molar-refractivity contribution is 7.15. The van der Waals surface area contributed by atoms with Crippen LogP contribution in [-0.4, -0.2) is 9.55 Å². The zero-order valence-corrected chi connectivity index (χ0v) is 13.8. The Balaban J connectivity index is 2.32. The molecular formula is C17H21N3S. The number of rotatable bonds is 2. The van der Waals surface area contributed by atoms with Crippen LogP contribution < -0.4 is 5.73 Å². The number of benzene rings is 1. The van der Waals surface area contributed by atoms with Crippen molar-refractivity contribution in [3.63, 3.8) is 0 Å². The highest BCUT2D eigenvalue weighted by Gasteiger charge is 2.23. The first-order valence-corrected chi connectivity index (χ1v) is 8.00. The average molecular weight is 299 g/mol. The second kappa shape index (κ2) is 4.97. The smallest absolute Gasteiger partial charge is 0.151 e. The molecule has 0 amide bonds. The fourth-order valence-electron chi connectivity index (χ4n) is 2.65. The molecule has 2 aromatic heterocycles. The number of nitrogens with zero attached hydrogens (tertiary/aromatic N) is 2. The van der Waals surface area contributed by atoms with Crippen molar-refractivity contribution in [1.29, 1.82) is 0 Å². The number of aromatic nitrogens is 2. The van der Waals surface area contributed by atoms with Gasteiger partial charge in [-0.05, 0) is 57.5 Å². The van der Waals surface area contributed by atoms with Gasteiger partial charge in [0.2, 0.25) is 0 Å². The van der Waals surface area contributed by atoms with Gasteiger partial charge in [0.05, 0.1) is 15.9 Å². The second-order valence-corrected chi connectivity index (χ2v) is 7.67. The van der Waals surface area contributed by atoms with Gasteiger partial charge >= 0.3 is 0 Å². The normalized spacial score (nSPS) is 12.2. The largest absolute Gasteiger partial charge is 0.326 e. The summed E-state index contributed by atoms with van der Waals surface area (Å²) in [6, 6.07) is 10.6. The van der Waals surface area contributed by atoms with Crippen LogP contribution in [0.15, 0.2) is 30.3 Å². The number of hydrogen-bond acceptors (Lipinski definition) is 3. The van der Waals surface area contributed by atoms with Gasteiger partial charge < -0.3 is 10.3 Å². The quantitative estimate of drug-likeness (QED) is 0.767. The third kappa shape index (κ3) is 2.49. The number of imidazole rings is 1. The molecule has 0 saturated carbocycles. The van der Waals surface area contributed by atoms with Crippen LogP contribution in [0.25, 0.3) is 21.7 Å². The fourth-order valence-corrected chi connectivity index (χ4v) is 3.50. The maximum absolute atomic E-state index is 5.75. The molecule has 2 N–H and O–H groups in total. The maximum Gasteiger partial charge on any atom is 0.151 e. The Kier molecular flexibility index (Phi) is 3.38. The first-order valence-electron chi connectivity index (χ1n) is 7.19. The molecule has 0 saturated heterocycles. The number of aryl methyl sites for hydroxylation is 1. The molecule has 3 aromatic rings. The van der Waals surface area contributed by atoms with Gasteiger partial charge in [0, 0.05) is 17.0 Å². The Hall–Kier alpha value is -1.65. The first kappa shape index (κ1) is 14.3. The third-order valence-corrected chi connectivity index (χ3v) is 4.58. The lowest BCUT2D eigenvalue weighted by atomic mass is 10.1. The Labute approximate surface area is 129 Å². The standard InChI is InChI=1S/C17H21N3S/c1-11-5-8-15(21-11)16-19-13-9-12(10-18)6-7-14(13)20(16)17(2,3)4/h5-9H,10,18H2,1-4H3. The molecular weight excluding hydrogens is 278 g/mol. The van der Waals surface area contributed by atoms with Gasteiger partial charge in [-0.3, -0.25) is 0 Å². The predicted octanol–water partition coefficient (Wildman–Crippen LogP) is 4.29. The Morgan fingerprint density at radius 1 is 1.19 bits per heavy atom. The van der Waals surface area contributed by atoms with Crippen LogP contribution in [0.4, 0.5) is 0 Å². The Morgan fingerprint density at radius 3 is 2.52 bits per heavy atom.